The molecule has 0 atom stereocenters. The van der Waals surface area contributed by atoms with Crippen molar-refractivity contribution in [3.63, 3.8) is 0 Å². The summed E-state index contributed by atoms with van der Waals surface area (Å²) in [6.45, 7) is 2.06. The number of methoxy groups -OCH3 is 1. The molecule has 0 aromatic heterocycles. The van der Waals surface area contributed by atoms with E-state index < -0.39 is 4.92 Å². The zero-order chi connectivity index (χ0) is 14.1. The minimum atomic E-state index is -0.503. The first kappa shape index (κ1) is 15.2. The van der Waals surface area contributed by atoms with Gasteiger partial charge in [-0.2, -0.15) is 0 Å². The maximum Gasteiger partial charge on any atom is 0.275 e. The van der Waals surface area contributed by atoms with E-state index in [0.717, 1.165) is 0 Å². The highest BCUT2D eigenvalue weighted by molar-refractivity contribution is 5.53. The van der Waals surface area contributed by atoms with Gasteiger partial charge in [-0.1, -0.05) is 0 Å². The fraction of sp³-hybridized carbons (Fsp3) is 0.500. The number of ether oxygens (including phenoxy) is 3. The molecule has 0 heterocycles. The third-order valence-corrected chi connectivity index (χ3v) is 2.26. The van der Waals surface area contributed by atoms with E-state index in [2.05, 4.69) is 0 Å². The summed E-state index contributed by atoms with van der Waals surface area (Å²) in [5.41, 5.74) is 5.79. The van der Waals surface area contributed by atoms with Crippen LogP contribution in [0, 0.1) is 10.1 Å². The molecule has 7 heteroatoms. The lowest BCUT2D eigenvalue weighted by molar-refractivity contribution is -0.384. The highest BCUT2D eigenvalue weighted by atomic mass is 16.6. The lowest BCUT2D eigenvalue weighted by Crippen LogP contribution is -2.07. The first-order chi connectivity index (χ1) is 9.13. The molecule has 19 heavy (non-hydrogen) atoms. The summed E-state index contributed by atoms with van der Waals surface area (Å²) in [7, 11) is 1.61. The summed E-state index contributed by atoms with van der Waals surface area (Å²) in [4.78, 5) is 10.1. The van der Waals surface area contributed by atoms with E-state index >= 15 is 0 Å². The molecular formula is C12H18N2O5. The Kier molecular flexibility index (Phi) is 6.62. The summed E-state index contributed by atoms with van der Waals surface area (Å²) in [5, 5.41) is 10.6. The molecule has 7 nitrogen and oxygen atoms in total. The van der Waals surface area contributed by atoms with Crippen molar-refractivity contribution in [3.8, 4) is 5.75 Å². The SMILES string of the molecule is COCCOCCCOc1cc(N)cc([N+](=O)[O-])c1. The van der Waals surface area contributed by atoms with Crippen molar-refractivity contribution in [1.29, 1.82) is 0 Å². The van der Waals surface area contributed by atoms with Crippen molar-refractivity contribution in [2.75, 3.05) is 39.3 Å². The lowest BCUT2D eigenvalue weighted by Gasteiger charge is -2.07. The quantitative estimate of drug-likeness (QED) is 0.317. The number of nitrogen functional groups attached to an aromatic ring is 1. The van der Waals surface area contributed by atoms with Crippen LogP contribution in [0.4, 0.5) is 11.4 Å². The lowest BCUT2D eigenvalue weighted by atomic mass is 10.2. The third kappa shape index (κ3) is 6.03. The number of hydrogen-bond acceptors (Lipinski definition) is 6. The second-order valence-corrected chi connectivity index (χ2v) is 3.82. The van der Waals surface area contributed by atoms with E-state index in [1.165, 1.54) is 12.1 Å². The molecule has 0 radical (unpaired) electrons. The third-order valence-electron chi connectivity index (χ3n) is 2.26. The van der Waals surface area contributed by atoms with Crippen molar-refractivity contribution in [2.45, 2.75) is 6.42 Å². The minimum absolute atomic E-state index is 0.0775. The number of anilines is 1. The number of non-ortho nitro benzene ring substituents is 1. The van der Waals surface area contributed by atoms with E-state index in [1.807, 2.05) is 0 Å². The maximum absolute atomic E-state index is 10.6. The number of benzene rings is 1. The minimum Gasteiger partial charge on any atom is -0.493 e. The Morgan fingerprint density at radius 3 is 2.68 bits per heavy atom. The van der Waals surface area contributed by atoms with Crippen LogP contribution in [0.3, 0.4) is 0 Å². The first-order valence-corrected chi connectivity index (χ1v) is 5.88. The Balaban J connectivity index is 2.31. The number of nitro groups is 1. The summed E-state index contributed by atoms with van der Waals surface area (Å²) in [6, 6.07) is 4.20. The zero-order valence-corrected chi connectivity index (χ0v) is 10.8. The van der Waals surface area contributed by atoms with Gasteiger partial charge in [-0.05, 0) is 0 Å². The van der Waals surface area contributed by atoms with Gasteiger partial charge in [-0.3, -0.25) is 10.1 Å². The highest BCUT2D eigenvalue weighted by Gasteiger charge is 2.08. The van der Waals surface area contributed by atoms with Gasteiger partial charge in [0.25, 0.3) is 5.69 Å². The molecule has 0 aliphatic heterocycles. The number of hydrogen-bond donors (Lipinski definition) is 1. The Morgan fingerprint density at radius 2 is 2.00 bits per heavy atom. The fourth-order valence-corrected chi connectivity index (χ4v) is 1.39. The summed E-state index contributed by atoms with van der Waals surface area (Å²) < 4.78 is 15.5. The molecule has 106 valence electrons. The van der Waals surface area contributed by atoms with E-state index in [-0.39, 0.29) is 5.69 Å². The Hall–Kier alpha value is -1.86. The molecule has 1 aromatic rings. The van der Waals surface area contributed by atoms with E-state index in [1.54, 1.807) is 13.2 Å². The molecule has 1 aromatic carbocycles. The van der Waals surface area contributed by atoms with Gasteiger partial charge in [0.1, 0.15) is 5.75 Å². The molecule has 0 saturated carbocycles. The predicted molar refractivity (Wildman–Crippen MR) is 70.3 cm³/mol. The van der Waals surface area contributed by atoms with Crippen molar-refractivity contribution < 1.29 is 19.1 Å². The molecule has 0 saturated heterocycles. The van der Waals surface area contributed by atoms with Crippen LogP contribution < -0.4 is 10.5 Å². The predicted octanol–water partition coefficient (Wildman–Crippen LogP) is 1.61. The van der Waals surface area contributed by atoms with Gasteiger partial charge in [0.15, 0.2) is 0 Å². The molecule has 0 aliphatic carbocycles. The summed E-state index contributed by atoms with van der Waals surface area (Å²) in [6.07, 6.45) is 0.687. The second kappa shape index (κ2) is 8.28. The van der Waals surface area contributed by atoms with Gasteiger partial charge in [-0.25, -0.2) is 0 Å². The smallest absolute Gasteiger partial charge is 0.275 e. The number of nitrogens with two attached hydrogens (primary N) is 1. The van der Waals surface area contributed by atoms with Gasteiger partial charge in [0.05, 0.1) is 30.8 Å². The normalized spacial score (nSPS) is 10.4. The Morgan fingerprint density at radius 1 is 1.21 bits per heavy atom. The van der Waals surface area contributed by atoms with Gasteiger partial charge < -0.3 is 19.9 Å². The summed E-state index contributed by atoms with van der Waals surface area (Å²) >= 11 is 0. The molecule has 0 unspecified atom stereocenters. The fourth-order valence-electron chi connectivity index (χ4n) is 1.39. The second-order valence-electron chi connectivity index (χ2n) is 3.82. The Bertz CT molecular complexity index is 411. The summed E-state index contributed by atoms with van der Waals surface area (Å²) in [5.74, 6) is 0.392. The van der Waals surface area contributed by atoms with Crippen molar-refractivity contribution in [3.05, 3.63) is 28.3 Å². The van der Waals surface area contributed by atoms with Crippen LogP contribution >= 0.6 is 0 Å². The van der Waals surface area contributed by atoms with Gasteiger partial charge in [0, 0.05) is 38.0 Å². The molecule has 0 amide bonds. The topological polar surface area (TPSA) is 96.8 Å². The molecule has 0 bridgehead atoms. The van der Waals surface area contributed by atoms with Crippen molar-refractivity contribution in [1.82, 2.24) is 0 Å². The van der Waals surface area contributed by atoms with Gasteiger partial charge in [-0.15, -0.1) is 0 Å². The molecule has 0 fully saturated rings. The highest BCUT2D eigenvalue weighted by Crippen LogP contribution is 2.24. The standard InChI is InChI=1S/C12H18N2O5/c1-17-5-6-18-3-2-4-19-12-8-10(13)7-11(9-12)14(15)16/h7-9H,2-6,13H2,1H3. The van der Waals surface area contributed by atoms with E-state index in [0.29, 0.717) is 44.3 Å². The average molecular weight is 270 g/mol. The number of rotatable bonds is 9. The number of nitrogens with zero attached hydrogens (tertiary/aromatic N) is 1. The Labute approximate surface area is 111 Å². The van der Waals surface area contributed by atoms with Gasteiger partial charge >= 0.3 is 0 Å². The monoisotopic (exact) mass is 270 g/mol. The van der Waals surface area contributed by atoms with Crippen LogP contribution in [0.2, 0.25) is 0 Å². The van der Waals surface area contributed by atoms with Crippen LogP contribution in [-0.4, -0.2) is 38.5 Å². The van der Waals surface area contributed by atoms with Crippen LogP contribution in [0.1, 0.15) is 6.42 Å². The molecule has 2 N–H and O–H groups in total. The number of nitro benzene ring substituents is 1. The first-order valence-electron chi connectivity index (χ1n) is 5.88. The molecule has 0 spiro atoms. The van der Waals surface area contributed by atoms with Crippen LogP contribution in [0.15, 0.2) is 18.2 Å². The largest absolute Gasteiger partial charge is 0.493 e. The van der Waals surface area contributed by atoms with E-state index in [9.17, 15) is 10.1 Å². The average Bonchev–Trinajstić information content (AvgIpc) is 2.37. The molecular weight excluding hydrogens is 252 g/mol. The van der Waals surface area contributed by atoms with Crippen LogP contribution in [0.5, 0.6) is 5.75 Å². The maximum atomic E-state index is 10.6. The van der Waals surface area contributed by atoms with Crippen LogP contribution in [0.25, 0.3) is 0 Å². The van der Waals surface area contributed by atoms with Crippen molar-refractivity contribution >= 4 is 11.4 Å². The van der Waals surface area contributed by atoms with Crippen LogP contribution in [-0.2, 0) is 9.47 Å². The molecule has 0 aliphatic rings. The van der Waals surface area contributed by atoms with E-state index in [4.69, 9.17) is 19.9 Å². The zero-order valence-electron chi connectivity index (χ0n) is 10.8. The molecule has 1 rings (SSSR count). The van der Waals surface area contributed by atoms with Gasteiger partial charge in [0.2, 0.25) is 0 Å². The van der Waals surface area contributed by atoms with Crippen molar-refractivity contribution in [2.24, 2.45) is 0 Å².